The maximum Gasteiger partial charge on any atom is 0.417 e. The van der Waals surface area contributed by atoms with Crippen molar-refractivity contribution in [3.8, 4) is 17.0 Å². The Kier molecular flexibility index (Phi) is 3.33. The summed E-state index contributed by atoms with van der Waals surface area (Å²) >= 11 is 0. The third kappa shape index (κ3) is 2.62. The van der Waals surface area contributed by atoms with Gasteiger partial charge in [-0.05, 0) is 30.3 Å². The molecule has 1 heterocycles. The van der Waals surface area contributed by atoms with E-state index >= 15 is 0 Å². The molecule has 0 spiro atoms. The van der Waals surface area contributed by atoms with Crippen molar-refractivity contribution in [2.45, 2.75) is 6.18 Å². The number of rotatable bonds is 2. The number of alkyl halides is 3. The molecule has 0 atom stereocenters. The average Bonchev–Trinajstić information content (AvgIpc) is 2.38. The molecule has 0 saturated carbocycles. The first-order chi connectivity index (χ1) is 8.93. The number of hydrogen-bond donors (Lipinski definition) is 1. The minimum Gasteiger partial charge on any atom is -0.497 e. The average molecular weight is 268 g/mol. The van der Waals surface area contributed by atoms with E-state index in [1.807, 2.05) is 0 Å². The van der Waals surface area contributed by atoms with E-state index in [2.05, 4.69) is 4.98 Å². The van der Waals surface area contributed by atoms with Crippen LogP contribution >= 0.6 is 0 Å². The van der Waals surface area contributed by atoms with Gasteiger partial charge < -0.3 is 10.5 Å². The Morgan fingerprint density at radius 3 is 2.53 bits per heavy atom. The zero-order valence-corrected chi connectivity index (χ0v) is 10.0. The first-order valence-electron chi connectivity index (χ1n) is 5.39. The minimum atomic E-state index is -4.51. The second kappa shape index (κ2) is 4.79. The van der Waals surface area contributed by atoms with Gasteiger partial charge in [-0.25, -0.2) is 0 Å². The maximum atomic E-state index is 13.1. The summed E-state index contributed by atoms with van der Waals surface area (Å²) in [5, 5.41) is 0. The van der Waals surface area contributed by atoms with Crippen LogP contribution in [-0.2, 0) is 6.18 Å². The van der Waals surface area contributed by atoms with Crippen LogP contribution in [0.15, 0.2) is 36.5 Å². The molecule has 6 heteroatoms. The van der Waals surface area contributed by atoms with Crippen LogP contribution in [0.2, 0.25) is 0 Å². The van der Waals surface area contributed by atoms with Crippen molar-refractivity contribution in [3.63, 3.8) is 0 Å². The van der Waals surface area contributed by atoms with Crippen LogP contribution in [0.5, 0.6) is 5.75 Å². The zero-order valence-electron chi connectivity index (χ0n) is 10.0. The van der Waals surface area contributed by atoms with Crippen molar-refractivity contribution in [2.75, 3.05) is 12.8 Å². The second-order valence-corrected chi connectivity index (χ2v) is 3.85. The predicted octanol–water partition coefficient (Wildman–Crippen LogP) is 3.36. The monoisotopic (exact) mass is 268 g/mol. The van der Waals surface area contributed by atoms with E-state index in [0.717, 1.165) is 6.07 Å². The summed E-state index contributed by atoms with van der Waals surface area (Å²) in [6.45, 7) is 0. The fourth-order valence-corrected chi connectivity index (χ4v) is 1.73. The highest BCUT2D eigenvalue weighted by atomic mass is 19.4. The lowest BCUT2D eigenvalue weighted by atomic mass is 10.0. The van der Waals surface area contributed by atoms with Crippen LogP contribution in [0, 0.1) is 0 Å². The maximum absolute atomic E-state index is 13.1. The van der Waals surface area contributed by atoms with Crippen LogP contribution in [0.1, 0.15) is 5.56 Å². The Bertz CT molecular complexity index is 597. The van der Waals surface area contributed by atoms with Crippen molar-refractivity contribution < 1.29 is 17.9 Å². The summed E-state index contributed by atoms with van der Waals surface area (Å²) < 4.78 is 44.0. The number of ether oxygens (including phenoxy) is 1. The summed E-state index contributed by atoms with van der Waals surface area (Å²) in [6.07, 6.45) is -3.11. The van der Waals surface area contributed by atoms with E-state index in [4.69, 9.17) is 10.5 Å². The highest BCUT2D eigenvalue weighted by Gasteiger charge is 2.34. The molecule has 0 fully saturated rings. The normalized spacial score (nSPS) is 11.4. The number of hydrogen-bond acceptors (Lipinski definition) is 3. The van der Waals surface area contributed by atoms with Crippen LogP contribution in [0.3, 0.4) is 0 Å². The first kappa shape index (κ1) is 13.2. The number of pyridine rings is 1. The van der Waals surface area contributed by atoms with E-state index in [9.17, 15) is 13.2 Å². The third-order valence-corrected chi connectivity index (χ3v) is 2.63. The summed E-state index contributed by atoms with van der Waals surface area (Å²) in [5.41, 5.74) is 5.09. The number of benzene rings is 1. The Morgan fingerprint density at radius 2 is 1.95 bits per heavy atom. The van der Waals surface area contributed by atoms with Gasteiger partial charge in [0.2, 0.25) is 0 Å². The van der Waals surface area contributed by atoms with Crippen molar-refractivity contribution in [1.82, 2.24) is 4.98 Å². The van der Waals surface area contributed by atoms with E-state index in [-0.39, 0.29) is 22.7 Å². The number of halogens is 3. The van der Waals surface area contributed by atoms with Crippen molar-refractivity contribution in [1.29, 1.82) is 0 Å². The van der Waals surface area contributed by atoms with Gasteiger partial charge >= 0.3 is 6.18 Å². The summed E-state index contributed by atoms with van der Waals surface area (Å²) in [5.74, 6) is 0.130. The van der Waals surface area contributed by atoms with E-state index < -0.39 is 11.7 Å². The van der Waals surface area contributed by atoms with Crippen molar-refractivity contribution >= 4 is 5.69 Å². The summed E-state index contributed by atoms with van der Waals surface area (Å²) in [7, 11) is 1.31. The largest absolute Gasteiger partial charge is 0.497 e. The predicted molar refractivity (Wildman–Crippen MR) is 65.6 cm³/mol. The van der Waals surface area contributed by atoms with Gasteiger partial charge in [-0.3, -0.25) is 4.98 Å². The Labute approximate surface area is 107 Å². The topological polar surface area (TPSA) is 48.1 Å². The van der Waals surface area contributed by atoms with Gasteiger partial charge in [0.1, 0.15) is 5.75 Å². The van der Waals surface area contributed by atoms with Gasteiger partial charge in [0.15, 0.2) is 0 Å². The molecule has 2 aromatic rings. The van der Waals surface area contributed by atoms with E-state index in [0.29, 0.717) is 0 Å². The fraction of sp³-hybridized carbons (Fsp3) is 0.154. The molecule has 2 N–H and O–H groups in total. The number of nitrogens with zero attached hydrogens (tertiary/aromatic N) is 1. The molecule has 0 bridgehead atoms. The molecule has 0 aliphatic carbocycles. The van der Waals surface area contributed by atoms with Crippen LogP contribution in [0.25, 0.3) is 11.3 Å². The minimum absolute atomic E-state index is 0.0635. The molecule has 0 radical (unpaired) electrons. The number of nitrogen functional groups attached to an aromatic ring is 1. The first-order valence-corrected chi connectivity index (χ1v) is 5.39. The number of methoxy groups -OCH3 is 1. The Morgan fingerprint density at radius 1 is 1.21 bits per heavy atom. The van der Waals surface area contributed by atoms with Gasteiger partial charge in [-0.1, -0.05) is 0 Å². The molecule has 100 valence electrons. The molecular weight excluding hydrogens is 257 g/mol. The van der Waals surface area contributed by atoms with Crippen LogP contribution in [0.4, 0.5) is 18.9 Å². The lowest BCUT2D eigenvalue weighted by Crippen LogP contribution is -2.08. The Balaban J connectivity index is 2.67. The molecule has 0 aliphatic heterocycles. The highest BCUT2D eigenvalue weighted by molar-refractivity contribution is 5.75. The summed E-state index contributed by atoms with van der Waals surface area (Å²) in [4.78, 5) is 3.91. The van der Waals surface area contributed by atoms with Crippen LogP contribution in [-0.4, -0.2) is 12.1 Å². The molecule has 3 nitrogen and oxygen atoms in total. The second-order valence-electron chi connectivity index (χ2n) is 3.85. The lowest BCUT2D eigenvalue weighted by Gasteiger charge is -2.14. The molecule has 19 heavy (non-hydrogen) atoms. The van der Waals surface area contributed by atoms with Gasteiger partial charge in [0, 0.05) is 11.8 Å². The standard InChI is InChI=1S/C13H11F3N2O/c1-19-8-4-5-9(10(7-8)13(14,15)16)12-11(17)3-2-6-18-12/h2-7H,17H2,1H3. The number of nitrogens with two attached hydrogens (primary N) is 1. The molecule has 1 aromatic heterocycles. The molecule has 2 rings (SSSR count). The molecule has 0 unspecified atom stereocenters. The molecule has 0 saturated heterocycles. The number of anilines is 1. The molecular formula is C13H11F3N2O. The van der Waals surface area contributed by atoms with Crippen molar-refractivity contribution in [3.05, 3.63) is 42.1 Å². The van der Waals surface area contributed by atoms with Gasteiger partial charge in [-0.15, -0.1) is 0 Å². The molecule has 1 aromatic carbocycles. The van der Waals surface area contributed by atoms with Gasteiger partial charge in [-0.2, -0.15) is 13.2 Å². The lowest BCUT2D eigenvalue weighted by molar-refractivity contribution is -0.137. The highest BCUT2D eigenvalue weighted by Crippen LogP contribution is 2.39. The SMILES string of the molecule is COc1ccc(-c2ncccc2N)c(C(F)(F)F)c1. The summed E-state index contributed by atoms with van der Waals surface area (Å²) in [6, 6.07) is 6.75. The fourth-order valence-electron chi connectivity index (χ4n) is 1.73. The van der Waals surface area contributed by atoms with Crippen LogP contribution < -0.4 is 10.5 Å². The zero-order chi connectivity index (χ0) is 14.0. The third-order valence-electron chi connectivity index (χ3n) is 2.63. The van der Waals surface area contributed by atoms with Crippen molar-refractivity contribution in [2.24, 2.45) is 0 Å². The smallest absolute Gasteiger partial charge is 0.417 e. The quantitative estimate of drug-likeness (QED) is 0.908. The van der Waals surface area contributed by atoms with E-state index in [1.54, 1.807) is 6.07 Å². The van der Waals surface area contributed by atoms with Gasteiger partial charge in [0.05, 0.1) is 24.1 Å². The molecule has 0 amide bonds. The van der Waals surface area contributed by atoms with E-state index in [1.165, 1.54) is 31.5 Å². The Hall–Kier alpha value is -2.24. The molecule has 0 aliphatic rings. The number of aromatic nitrogens is 1. The van der Waals surface area contributed by atoms with Gasteiger partial charge in [0.25, 0.3) is 0 Å².